The van der Waals surface area contributed by atoms with Crippen LogP contribution >= 0.6 is 0 Å². The van der Waals surface area contributed by atoms with E-state index in [1.165, 1.54) is 5.56 Å². The number of hydrogen-bond acceptors (Lipinski definition) is 6. The van der Waals surface area contributed by atoms with Gasteiger partial charge in [-0.05, 0) is 31.0 Å². The lowest BCUT2D eigenvalue weighted by molar-refractivity contribution is -0.914. The van der Waals surface area contributed by atoms with Crippen molar-refractivity contribution in [2.75, 3.05) is 37.9 Å². The molecule has 2 aliphatic heterocycles. The molecule has 0 bridgehead atoms. The zero-order valence-corrected chi connectivity index (χ0v) is 15.2. The summed E-state index contributed by atoms with van der Waals surface area (Å²) in [4.78, 5) is 24.9. The fraction of sp³-hybridized carbons (Fsp3) is 0.450. The van der Waals surface area contributed by atoms with E-state index in [2.05, 4.69) is 22.0 Å². The molecule has 0 spiro atoms. The number of aromatic nitrogens is 2. The number of fused-ring (bicyclic) bond motifs is 2. The quantitative estimate of drug-likeness (QED) is 0.858. The lowest BCUT2D eigenvalue weighted by atomic mass is 9.96. The number of aryl methyl sites for hydroxylation is 1. The minimum absolute atomic E-state index is 0.181. The van der Waals surface area contributed by atoms with Crippen molar-refractivity contribution in [2.45, 2.75) is 25.8 Å². The van der Waals surface area contributed by atoms with Crippen LogP contribution in [-0.4, -0.2) is 48.7 Å². The highest BCUT2D eigenvalue weighted by atomic mass is 16.7. The number of carbonyl (C=O) groups is 1. The summed E-state index contributed by atoms with van der Waals surface area (Å²) in [6.45, 7) is 5.21. The Hall–Kier alpha value is -2.67. The molecule has 0 unspecified atom stereocenters. The Morgan fingerprint density at radius 1 is 1.11 bits per heavy atom. The van der Waals surface area contributed by atoms with E-state index in [4.69, 9.17) is 14.5 Å². The summed E-state index contributed by atoms with van der Waals surface area (Å²) >= 11 is 0. The molecule has 0 radical (unpaired) electrons. The largest absolute Gasteiger partial charge is 0.454 e. The molecule has 1 aromatic heterocycles. The van der Waals surface area contributed by atoms with Gasteiger partial charge in [0.15, 0.2) is 17.3 Å². The molecule has 0 atom stereocenters. The SMILES string of the molecule is O=C1CCCc2nc(N3CC[NH+](Cc4ccc5c(c4)OCO5)CC3)ncc21. The number of carbonyl (C=O) groups excluding carboxylic acids is 1. The second-order valence-corrected chi connectivity index (χ2v) is 7.41. The first kappa shape index (κ1) is 16.5. The summed E-state index contributed by atoms with van der Waals surface area (Å²) in [6.07, 6.45) is 4.13. The molecular formula is C20H23N4O3+. The predicted octanol–water partition coefficient (Wildman–Crippen LogP) is 0.629. The maximum atomic E-state index is 11.9. The van der Waals surface area contributed by atoms with Crippen LogP contribution in [0.1, 0.15) is 34.5 Å². The Labute approximate surface area is 157 Å². The minimum Gasteiger partial charge on any atom is -0.454 e. The van der Waals surface area contributed by atoms with Crippen molar-refractivity contribution in [1.82, 2.24) is 9.97 Å². The van der Waals surface area contributed by atoms with Gasteiger partial charge in [-0.15, -0.1) is 0 Å². The maximum Gasteiger partial charge on any atom is 0.231 e. The van der Waals surface area contributed by atoms with Crippen LogP contribution in [0.25, 0.3) is 0 Å². The van der Waals surface area contributed by atoms with Crippen LogP contribution in [0.3, 0.4) is 0 Å². The molecule has 2 aromatic rings. The van der Waals surface area contributed by atoms with Gasteiger partial charge in [0.05, 0.1) is 37.4 Å². The number of hydrogen-bond donors (Lipinski definition) is 1. The minimum atomic E-state index is 0.181. The average molecular weight is 367 g/mol. The van der Waals surface area contributed by atoms with Gasteiger partial charge in [-0.25, -0.2) is 9.97 Å². The Morgan fingerprint density at radius 2 is 1.96 bits per heavy atom. The lowest BCUT2D eigenvalue weighted by Crippen LogP contribution is -3.13. The van der Waals surface area contributed by atoms with E-state index >= 15 is 0 Å². The van der Waals surface area contributed by atoms with E-state index < -0.39 is 0 Å². The van der Waals surface area contributed by atoms with Crippen molar-refractivity contribution in [3.63, 3.8) is 0 Å². The summed E-state index contributed by atoms with van der Waals surface area (Å²) in [7, 11) is 0. The van der Waals surface area contributed by atoms with Crippen LogP contribution in [0.15, 0.2) is 24.4 Å². The number of benzene rings is 1. The number of Topliss-reactive ketones (excluding diaryl/α,β-unsaturated/α-hetero) is 1. The molecule has 1 N–H and O–H groups in total. The number of piperazine rings is 1. The van der Waals surface area contributed by atoms with Gasteiger partial charge < -0.3 is 19.3 Å². The highest BCUT2D eigenvalue weighted by Gasteiger charge is 2.25. The number of quaternary nitrogens is 1. The number of nitrogens with zero attached hydrogens (tertiary/aromatic N) is 3. The van der Waals surface area contributed by atoms with E-state index in [-0.39, 0.29) is 5.78 Å². The topological polar surface area (TPSA) is 69.0 Å². The van der Waals surface area contributed by atoms with E-state index in [1.807, 2.05) is 6.07 Å². The van der Waals surface area contributed by atoms with Gasteiger partial charge in [-0.3, -0.25) is 4.79 Å². The Balaban J connectivity index is 1.22. The zero-order valence-electron chi connectivity index (χ0n) is 15.2. The summed E-state index contributed by atoms with van der Waals surface area (Å²) in [6, 6.07) is 6.21. The standard InChI is InChI=1S/C20H22N4O3/c25-17-3-1-2-16-15(17)11-21-20(22-16)24-8-6-23(7-9-24)12-14-4-5-18-19(10-14)27-13-26-18/h4-5,10-11H,1-3,6-9,12-13H2/p+1. The van der Waals surface area contributed by atoms with Gasteiger partial charge >= 0.3 is 0 Å². The van der Waals surface area contributed by atoms with Crippen LogP contribution in [0, 0.1) is 0 Å². The normalized spacial score (nSPS) is 19.3. The Kier molecular flexibility index (Phi) is 4.16. The fourth-order valence-corrected chi connectivity index (χ4v) is 4.07. The number of anilines is 1. The first-order valence-corrected chi connectivity index (χ1v) is 9.62. The molecule has 27 heavy (non-hydrogen) atoms. The Morgan fingerprint density at radius 3 is 2.85 bits per heavy atom. The van der Waals surface area contributed by atoms with E-state index in [1.54, 1.807) is 11.1 Å². The van der Waals surface area contributed by atoms with Crippen molar-refractivity contribution in [3.8, 4) is 11.5 Å². The molecule has 5 rings (SSSR count). The van der Waals surface area contributed by atoms with Crippen molar-refractivity contribution in [1.29, 1.82) is 0 Å². The molecule has 3 aliphatic rings. The monoisotopic (exact) mass is 367 g/mol. The number of nitrogens with one attached hydrogen (secondary N) is 1. The fourth-order valence-electron chi connectivity index (χ4n) is 4.07. The van der Waals surface area contributed by atoms with Crippen molar-refractivity contribution in [2.24, 2.45) is 0 Å². The number of ether oxygens (including phenoxy) is 2. The van der Waals surface area contributed by atoms with Crippen LogP contribution in [-0.2, 0) is 13.0 Å². The third-order valence-corrected chi connectivity index (χ3v) is 5.62. The number of ketones is 1. The molecule has 3 heterocycles. The number of rotatable bonds is 3. The second-order valence-electron chi connectivity index (χ2n) is 7.41. The van der Waals surface area contributed by atoms with Crippen LogP contribution < -0.4 is 19.3 Å². The second kappa shape index (κ2) is 6.81. The molecule has 1 aliphatic carbocycles. The Bertz CT molecular complexity index is 878. The van der Waals surface area contributed by atoms with Crippen molar-refractivity contribution < 1.29 is 19.2 Å². The molecule has 0 saturated carbocycles. The molecule has 140 valence electrons. The molecular weight excluding hydrogens is 344 g/mol. The van der Waals surface area contributed by atoms with Crippen LogP contribution in [0.2, 0.25) is 0 Å². The highest BCUT2D eigenvalue weighted by molar-refractivity contribution is 5.97. The van der Waals surface area contributed by atoms with Crippen LogP contribution in [0.5, 0.6) is 11.5 Å². The van der Waals surface area contributed by atoms with E-state index in [0.717, 1.165) is 74.3 Å². The molecule has 7 heteroatoms. The van der Waals surface area contributed by atoms with E-state index in [0.29, 0.717) is 13.2 Å². The van der Waals surface area contributed by atoms with Gasteiger partial charge in [-0.2, -0.15) is 0 Å². The third-order valence-electron chi connectivity index (χ3n) is 5.62. The first-order chi connectivity index (χ1) is 13.3. The van der Waals surface area contributed by atoms with Gasteiger partial charge in [0.2, 0.25) is 12.7 Å². The maximum absolute atomic E-state index is 11.9. The summed E-state index contributed by atoms with van der Waals surface area (Å²) < 4.78 is 10.9. The summed E-state index contributed by atoms with van der Waals surface area (Å²) in [5, 5.41) is 0. The van der Waals surface area contributed by atoms with Gasteiger partial charge in [0.1, 0.15) is 6.54 Å². The molecule has 7 nitrogen and oxygen atoms in total. The van der Waals surface area contributed by atoms with Crippen LogP contribution in [0.4, 0.5) is 5.95 Å². The molecule has 0 amide bonds. The zero-order chi connectivity index (χ0) is 18.2. The molecule has 1 aromatic carbocycles. The van der Waals surface area contributed by atoms with Gasteiger partial charge in [-0.1, -0.05) is 0 Å². The van der Waals surface area contributed by atoms with Crippen molar-refractivity contribution in [3.05, 3.63) is 41.2 Å². The highest BCUT2D eigenvalue weighted by Crippen LogP contribution is 2.32. The smallest absolute Gasteiger partial charge is 0.231 e. The molecule has 1 saturated heterocycles. The third kappa shape index (κ3) is 3.23. The lowest BCUT2D eigenvalue weighted by Gasteiger charge is -2.32. The predicted molar refractivity (Wildman–Crippen MR) is 98.5 cm³/mol. The average Bonchev–Trinajstić information content (AvgIpc) is 3.16. The van der Waals surface area contributed by atoms with Crippen molar-refractivity contribution >= 4 is 11.7 Å². The first-order valence-electron chi connectivity index (χ1n) is 9.62. The van der Waals surface area contributed by atoms with E-state index in [9.17, 15) is 4.79 Å². The van der Waals surface area contributed by atoms with Gasteiger partial charge in [0, 0.05) is 18.2 Å². The summed E-state index contributed by atoms with van der Waals surface area (Å²) in [5.74, 6) is 2.63. The van der Waals surface area contributed by atoms with Gasteiger partial charge in [0.25, 0.3) is 0 Å². The summed E-state index contributed by atoms with van der Waals surface area (Å²) in [5.41, 5.74) is 2.91. The molecule has 1 fully saturated rings.